The summed E-state index contributed by atoms with van der Waals surface area (Å²) in [6.45, 7) is 0. The number of hydrogen-bond donors (Lipinski definition) is 4. The van der Waals surface area contributed by atoms with Crippen LogP contribution >= 0.6 is 0 Å². The van der Waals surface area contributed by atoms with Gasteiger partial charge in [0.15, 0.2) is 11.5 Å². The number of aromatic hydroxyl groups is 4. The average Bonchev–Trinajstić information content (AvgIpc) is 2.43. The lowest BCUT2D eigenvalue weighted by molar-refractivity contribution is 0.438. The van der Waals surface area contributed by atoms with E-state index in [1.54, 1.807) is 0 Å². The Hall–Kier alpha value is -3.33. The van der Waals surface area contributed by atoms with E-state index < -0.39 is 16.9 Å². The zero-order valence-corrected chi connectivity index (χ0v) is 10.4. The molecule has 0 amide bonds. The molecule has 4 N–H and O–H groups in total. The number of rotatable bonds is 1. The first-order valence-electron chi connectivity index (χ1n) is 5.82. The monoisotopic (exact) mass is 284 g/mol. The number of phenols is 2. The standard InChI is InChI=1S/C15H8O6/c16-8-3-1-7(2-4-8)15-14(20)13(19)12-10(18)5-9(17)6-11(12)21-15/h1,3,5-6,16-18,20H. The first-order chi connectivity index (χ1) is 9.97. The molecule has 0 aliphatic rings. The predicted molar refractivity (Wildman–Crippen MR) is 72.3 cm³/mol. The van der Waals surface area contributed by atoms with Crippen LogP contribution in [-0.4, -0.2) is 20.4 Å². The fraction of sp³-hybridized carbons (Fsp3) is 0. The summed E-state index contributed by atoms with van der Waals surface area (Å²) in [5, 5.41) is 38.0. The Morgan fingerprint density at radius 3 is 2.43 bits per heavy atom. The van der Waals surface area contributed by atoms with Crippen molar-refractivity contribution in [1.82, 2.24) is 0 Å². The molecule has 21 heavy (non-hydrogen) atoms. The minimum Gasteiger partial charge on any atom is -0.508 e. The van der Waals surface area contributed by atoms with Crippen molar-refractivity contribution in [3.05, 3.63) is 46.6 Å². The Morgan fingerprint density at radius 2 is 1.76 bits per heavy atom. The zero-order chi connectivity index (χ0) is 15.1. The third-order valence-corrected chi connectivity index (χ3v) is 2.91. The molecule has 0 radical (unpaired) electrons. The van der Waals surface area contributed by atoms with Crippen molar-refractivity contribution < 1.29 is 24.8 Å². The van der Waals surface area contributed by atoms with Crippen LogP contribution < -0.4 is 5.43 Å². The Kier molecular flexibility index (Phi) is 2.63. The maximum absolute atomic E-state index is 12.1. The largest absolute Gasteiger partial charge is 0.508 e. The van der Waals surface area contributed by atoms with E-state index >= 15 is 0 Å². The lowest BCUT2D eigenvalue weighted by Crippen LogP contribution is -2.02. The molecule has 0 unspecified atom stereocenters. The van der Waals surface area contributed by atoms with Crippen LogP contribution in [0.2, 0.25) is 0 Å². The topological polar surface area (TPSA) is 111 Å². The zero-order valence-electron chi connectivity index (χ0n) is 10.4. The Bertz CT molecular complexity index is 893. The third-order valence-electron chi connectivity index (χ3n) is 2.91. The Morgan fingerprint density at radius 1 is 1.00 bits per heavy atom. The lowest BCUT2D eigenvalue weighted by Gasteiger charge is -2.06. The van der Waals surface area contributed by atoms with Gasteiger partial charge in [-0.2, -0.15) is 0 Å². The predicted octanol–water partition coefficient (Wildman–Crippen LogP) is 1.88. The number of phenolic OH excluding ortho intramolecular Hbond substituents is 2. The highest BCUT2D eigenvalue weighted by molar-refractivity contribution is 5.87. The molecular formula is C15H8O6. The number of fused-ring (bicyclic) bond motifs is 1. The second-order valence-electron chi connectivity index (χ2n) is 4.33. The summed E-state index contributed by atoms with van der Waals surface area (Å²) in [6, 6.07) is 9.67. The SMILES string of the molecule is O=c1c(O)c(-c2c#cc(O)cc2)oc2cc(O)cc(O)c12. The molecule has 1 heterocycles. The van der Waals surface area contributed by atoms with Crippen molar-refractivity contribution in [1.29, 1.82) is 0 Å². The van der Waals surface area contributed by atoms with Gasteiger partial charge in [0.05, 0.1) is 5.56 Å². The molecule has 3 rings (SSSR count). The summed E-state index contributed by atoms with van der Waals surface area (Å²) in [5.74, 6) is -1.85. The quantitative estimate of drug-likeness (QED) is 0.543. The van der Waals surface area contributed by atoms with Gasteiger partial charge in [0, 0.05) is 12.1 Å². The maximum Gasteiger partial charge on any atom is 0.238 e. The van der Waals surface area contributed by atoms with Crippen LogP contribution in [-0.2, 0) is 0 Å². The lowest BCUT2D eigenvalue weighted by atomic mass is 10.1. The highest BCUT2D eigenvalue weighted by Crippen LogP contribution is 2.34. The summed E-state index contributed by atoms with van der Waals surface area (Å²) in [4.78, 5) is 12.1. The van der Waals surface area contributed by atoms with Gasteiger partial charge in [-0.1, -0.05) is 6.07 Å². The van der Waals surface area contributed by atoms with Gasteiger partial charge in [0.1, 0.15) is 22.5 Å². The first-order valence-corrected chi connectivity index (χ1v) is 5.82. The average molecular weight is 284 g/mol. The molecule has 0 aliphatic carbocycles. The fourth-order valence-electron chi connectivity index (χ4n) is 1.97. The molecule has 0 saturated carbocycles. The van der Waals surface area contributed by atoms with Crippen LogP contribution in [0, 0.1) is 12.1 Å². The normalized spacial score (nSPS) is 10.5. The van der Waals surface area contributed by atoms with Crippen molar-refractivity contribution in [2.75, 3.05) is 0 Å². The van der Waals surface area contributed by atoms with Gasteiger partial charge >= 0.3 is 0 Å². The van der Waals surface area contributed by atoms with Crippen LogP contribution in [0.1, 0.15) is 0 Å². The van der Waals surface area contributed by atoms with Crippen LogP contribution in [0.5, 0.6) is 23.0 Å². The molecule has 6 nitrogen and oxygen atoms in total. The summed E-state index contributed by atoms with van der Waals surface area (Å²) in [6.07, 6.45) is 0. The smallest absolute Gasteiger partial charge is 0.238 e. The summed E-state index contributed by atoms with van der Waals surface area (Å²) in [7, 11) is 0. The van der Waals surface area contributed by atoms with Gasteiger partial charge in [-0.15, -0.1) is 0 Å². The number of hydrogen-bond acceptors (Lipinski definition) is 6. The van der Waals surface area contributed by atoms with Gasteiger partial charge in [0.25, 0.3) is 0 Å². The van der Waals surface area contributed by atoms with E-state index in [4.69, 9.17) is 9.52 Å². The van der Waals surface area contributed by atoms with Crippen molar-refractivity contribution in [2.45, 2.75) is 0 Å². The second kappa shape index (κ2) is 4.35. The highest BCUT2D eigenvalue weighted by atomic mass is 16.4. The molecule has 6 heteroatoms. The van der Waals surface area contributed by atoms with E-state index in [0.717, 1.165) is 12.1 Å². The third kappa shape index (κ3) is 1.97. The molecule has 0 bridgehead atoms. The van der Waals surface area contributed by atoms with Crippen molar-refractivity contribution in [3.8, 4) is 34.3 Å². The molecule has 0 spiro atoms. The van der Waals surface area contributed by atoms with Gasteiger partial charge in [0.2, 0.25) is 11.2 Å². The summed E-state index contributed by atoms with van der Waals surface area (Å²) in [5.41, 5.74) is -0.746. The maximum atomic E-state index is 12.1. The van der Waals surface area contributed by atoms with Gasteiger partial charge in [-0.25, -0.2) is 0 Å². The minimum atomic E-state index is -0.842. The van der Waals surface area contributed by atoms with Gasteiger partial charge < -0.3 is 24.8 Å². The van der Waals surface area contributed by atoms with Crippen molar-refractivity contribution in [3.63, 3.8) is 0 Å². The van der Waals surface area contributed by atoms with Crippen LogP contribution in [0.25, 0.3) is 22.3 Å². The Balaban J connectivity index is 2.37. The molecule has 0 atom stereocenters. The minimum absolute atomic E-state index is 0.0909. The van der Waals surface area contributed by atoms with E-state index in [1.807, 2.05) is 0 Å². The summed E-state index contributed by atoms with van der Waals surface area (Å²) < 4.78 is 5.36. The summed E-state index contributed by atoms with van der Waals surface area (Å²) >= 11 is 0. The second-order valence-corrected chi connectivity index (χ2v) is 4.33. The number of benzene rings is 1. The van der Waals surface area contributed by atoms with Crippen LogP contribution in [0.3, 0.4) is 0 Å². The van der Waals surface area contributed by atoms with E-state index in [-0.39, 0.29) is 33.8 Å². The molecule has 3 aromatic rings. The van der Waals surface area contributed by atoms with Gasteiger partial charge in [-0.3, -0.25) is 4.79 Å². The molecule has 0 fully saturated rings. The fourth-order valence-corrected chi connectivity index (χ4v) is 1.97. The van der Waals surface area contributed by atoms with E-state index in [2.05, 4.69) is 12.1 Å². The van der Waals surface area contributed by atoms with Crippen molar-refractivity contribution >= 4 is 11.0 Å². The Labute approximate surface area is 117 Å². The molecule has 0 aliphatic heterocycles. The molecule has 2 aromatic carbocycles. The van der Waals surface area contributed by atoms with Crippen molar-refractivity contribution in [2.24, 2.45) is 0 Å². The van der Waals surface area contributed by atoms with E-state index in [9.17, 15) is 20.1 Å². The molecule has 104 valence electrons. The van der Waals surface area contributed by atoms with E-state index in [1.165, 1.54) is 12.1 Å². The van der Waals surface area contributed by atoms with Gasteiger partial charge in [-0.05, 0) is 18.2 Å². The highest BCUT2D eigenvalue weighted by Gasteiger charge is 2.18. The molecular weight excluding hydrogens is 276 g/mol. The first kappa shape index (κ1) is 12.7. The van der Waals surface area contributed by atoms with Crippen LogP contribution in [0.4, 0.5) is 0 Å². The molecule has 0 saturated heterocycles. The molecule has 1 aromatic heterocycles. The van der Waals surface area contributed by atoms with E-state index in [0.29, 0.717) is 0 Å². The van der Waals surface area contributed by atoms with Crippen LogP contribution in [0.15, 0.2) is 33.5 Å².